The summed E-state index contributed by atoms with van der Waals surface area (Å²) in [6.45, 7) is 6.48. The van der Waals surface area contributed by atoms with E-state index in [0.29, 0.717) is 19.6 Å². The molecule has 0 bridgehead atoms. The molecule has 0 saturated carbocycles. The molecule has 1 atom stereocenters. The van der Waals surface area contributed by atoms with E-state index in [9.17, 15) is 4.79 Å². The van der Waals surface area contributed by atoms with Crippen LogP contribution in [0.15, 0.2) is 12.7 Å². The number of carbonyl (C=O) groups is 1. The fraction of sp³-hybridized carbons (Fsp3) is 0.667. The van der Waals surface area contributed by atoms with Crippen molar-refractivity contribution in [2.45, 2.75) is 13.0 Å². The third-order valence-electron chi connectivity index (χ3n) is 1.43. The Morgan fingerprint density at radius 1 is 1.77 bits per heavy atom. The van der Waals surface area contributed by atoms with Crippen LogP contribution in [0.3, 0.4) is 0 Å². The van der Waals surface area contributed by atoms with Crippen LogP contribution in [0.2, 0.25) is 0 Å². The summed E-state index contributed by atoms with van der Waals surface area (Å²) in [5.74, 6) is -0.0527. The minimum Gasteiger partial charge on any atom is -0.392 e. The number of rotatable bonds is 6. The van der Waals surface area contributed by atoms with Crippen LogP contribution in [0.4, 0.5) is 0 Å². The van der Waals surface area contributed by atoms with Crippen molar-refractivity contribution in [2.75, 3.05) is 26.7 Å². The fourth-order valence-corrected chi connectivity index (χ4v) is 1.00. The molecule has 13 heavy (non-hydrogen) atoms. The van der Waals surface area contributed by atoms with E-state index in [0.717, 1.165) is 0 Å². The van der Waals surface area contributed by atoms with Gasteiger partial charge in [-0.2, -0.15) is 0 Å². The van der Waals surface area contributed by atoms with Crippen molar-refractivity contribution in [3.63, 3.8) is 0 Å². The number of likely N-dealkylation sites (N-methyl/N-ethyl adjacent to an activating group) is 1. The highest BCUT2D eigenvalue weighted by atomic mass is 16.3. The van der Waals surface area contributed by atoms with E-state index in [2.05, 4.69) is 11.9 Å². The lowest BCUT2D eigenvalue weighted by atomic mass is 10.3. The van der Waals surface area contributed by atoms with Gasteiger partial charge in [-0.25, -0.2) is 0 Å². The fourth-order valence-electron chi connectivity index (χ4n) is 1.00. The second-order valence-corrected chi connectivity index (χ2v) is 3.14. The van der Waals surface area contributed by atoms with Gasteiger partial charge in [-0.1, -0.05) is 6.08 Å². The number of carbonyl (C=O) groups excluding carboxylic acids is 1. The van der Waals surface area contributed by atoms with Crippen molar-refractivity contribution in [3.05, 3.63) is 12.7 Å². The van der Waals surface area contributed by atoms with E-state index in [1.165, 1.54) is 0 Å². The Hall–Kier alpha value is -0.870. The molecular weight excluding hydrogens is 168 g/mol. The molecule has 0 aromatic carbocycles. The van der Waals surface area contributed by atoms with E-state index in [-0.39, 0.29) is 5.91 Å². The second kappa shape index (κ2) is 6.62. The maximum Gasteiger partial charge on any atom is 0.234 e. The Balaban J connectivity index is 3.58. The van der Waals surface area contributed by atoms with Gasteiger partial charge in [0, 0.05) is 13.1 Å². The van der Waals surface area contributed by atoms with Gasteiger partial charge in [-0.05, 0) is 14.0 Å². The van der Waals surface area contributed by atoms with Gasteiger partial charge >= 0.3 is 0 Å². The van der Waals surface area contributed by atoms with Gasteiger partial charge in [-0.15, -0.1) is 6.58 Å². The molecule has 76 valence electrons. The van der Waals surface area contributed by atoms with Gasteiger partial charge < -0.3 is 10.4 Å². The monoisotopic (exact) mass is 186 g/mol. The van der Waals surface area contributed by atoms with E-state index in [1.54, 1.807) is 24.9 Å². The number of aliphatic hydroxyl groups is 1. The molecule has 0 fully saturated rings. The first-order chi connectivity index (χ1) is 6.06. The summed E-state index contributed by atoms with van der Waals surface area (Å²) in [6.07, 6.45) is 1.23. The first-order valence-electron chi connectivity index (χ1n) is 4.30. The summed E-state index contributed by atoms with van der Waals surface area (Å²) < 4.78 is 0. The molecule has 0 heterocycles. The Kier molecular flexibility index (Phi) is 6.18. The third kappa shape index (κ3) is 7.49. The Bertz CT molecular complexity index is 169. The molecule has 0 spiro atoms. The number of amides is 1. The molecule has 0 rings (SSSR count). The number of hydrogen-bond donors (Lipinski definition) is 2. The predicted molar refractivity (Wildman–Crippen MR) is 52.4 cm³/mol. The highest BCUT2D eigenvalue weighted by molar-refractivity contribution is 5.78. The Morgan fingerprint density at radius 3 is 2.85 bits per heavy atom. The number of nitrogens with one attached hydrogen (secondary N) is 1. The summed E-state index contributed by atoms with van der Waals surface area (Å²) in [4.78, 5) is 12.9. The van der Waals surface area contributed by atoms with Crippen LogP contribution in [-0.2, 0) is 4.79 Å². The summed E-state index contributed by atoms with van der Waals surface area (Å²) in [5, 5.41) is 11.7. The third-order valence-corrected chi connectivity index (χ3v) is 1.43. The van der Waals surface area contributed by atoms with E-state index >= 15 is 0 Å². The van der Waals surface area contributed by atoms with Crippen LogP contribution in [-0.4, -0.2) is 48.7 Å². The molecule has 0 aliphatic rings. The average molecular weight is 186 g/mol. The molecule has 0 radical (unpaired) electrons. The molecule has 4 heteroatoms. The summed E-state index contributed by atoms with van der Waals surface area (Å²) in [5.41, 5.74) is 0. The van der Waals surface area contributed by atoms with Crippen molar-refractivity contribution in [1.82, 2.24) is 10.2 Å². The van der Waals surface area contributed by atoms with E-state index in [4.69, 9.17) is 5.11 Å². The topological polar surface area (TPSA) is 52.6 Å². The van der Waals surface area contributed by atoms with Gasteiger partial charge in [0.1, 0.15) is 0 Å². The highest BCUT2D eigenvalue weighted by Gasteiger charge is 2.06. The lowest BCUT2D eigenvalue weighted by Gasteiger charge is -2.17. The lowest BCUT2D eigenvalue weighted by Crippen LogP contribution is -2.38. The standard InChI is InChI=1S/C9H18N2O2/c1-4-5-10-9(13)7-11(3)6-8(2)12/h4,8,12H,1,5-7H2,2-3H3,(H,10,13). The van der Waals surface area contributed by atoms with Crippen LogP contribution in [0.25, 0.3) is 0 Å². The summed E-state index contributed by atoms with van der Waals surface area (Å²) >= 11 is 0. The molecule has 0 aromatic rings. The van der Waals surface area contributed by atoms with Crippen molar-refractivity contribution >= 4 is 5.91 Å². The largest absolute Gasteiger partial charge is 0.392 e. The maximum absolute atomic E-state index is 11.1. The van der Waals surface area contributed by atoms with Crippen LogP contribution < -0.4 is 5.32 Å². The highest BCUT2D eigenvalue weighted by Crippen LogP contribution is 1.86. The normalized spacial score (nSPS) is 12.6. The molecule has 0 aromatic heterocycles. The van der Waals surface area contributed by atoms with Gasteiger partial charge in [0.2, 0.25) is 5.91 Å². The minimum absolute atomic E-state index is 0.0527. The zero-order valence-electron chi connectivity index (χ0n) is 8.29. The van der Waals surface area contributed by atoms with E-state index < -0.39 is 6.10 Å². The first-order valence-corrected chi connectivity index (χ1v) is 4.30. The number of hydrogen-bond acceptors (Lipinski definition) is 3. The average Bonchev–Trinajstić information content (AvgIpc) is 1.98. The zero-order chi connectivity index (χ0) is 10.3. The van der Waals surface area contributed by atoms with Gasteiger partial charge in [0.05, 0.1) is 12.6 Å². The molecule has 4 nitrogen and oxygen atoms in total. The van der Waals surface area contributed by atoms with Crippen molar-refractivity contribution in [1.29, 1.82) is 0 Å². The zero-order valence-corrected chi connectivity index (χ0v) is 8.29. The molecule has 1 amide bonds. The van der Waals surface area contributed by atoms with Gasteiger partial charge in [0.15, 0.2) is 0 Å². The molecular formula is C9H18N2O2. The van der Waals surface area contributed by atoms with Crippen LogP contribution in [0, 0.1) is 0 Å². The van der Waals surface area contributed by atoms with Crippen LogP contribution >= 0.6 is 0 Å². The smallest absolute Gasteiger partial charge is 0.234 e. The molecule has 0 saturated heterocycles. The summed E-state index contributed by atoms with van der Waals surface area (Å²) in [7, 11) is 1.79. The Labute approximate surface area is 79.2 Å². The van der Waals surface area contributed by atoms with Crippen molar-refractivity contribution in [2.24, 2.45) is 0 Å². The number of aliphatic hydroxyl groups excluding tert-OH is 1. The Morgan fingerprint density at radius 2 is 2.38 bits per heavy atom. The van der Waals surface area contributed by atoms with Gasteiger partial charge in [-0.3, -0.25) is 9.69 Å². The molecule has 1 unspecified atom stereocenters. The van der Waals surface area contributed by atoms with Gasteiger partial charge in [0.25, 0.3) is 0 Å². The van der Waals surface area contributed by atoms with Crippen molar-refractivity contribution in [3.8, 4) is 0 Å². The second-order valence-electron chi connectivity index (χ2n) is 3.14. The molecule has 2 N–H and O–H groups in total. The quantitative estimate of drug-likeness (QED) is 0.555. The predicted octanol–water partition coefficient (Wildman–Crippen LogP) is -0.399. The maximum atomic E-state index is 11.1. The molecule has 0 aliphatic carbocycles. The summed E-state index contributed by atoms with van der Waals surface area (Å²) in [6, 6.07) is 0. The lowest BCUT2D eigenvalue weighted by molar-refractivity contribution is -0.121. The minimum atomic E-state index is -0.405. The van der Waals surface area contributed by atoms with Crippen molar-refractivity contribution < 1.29 is 9.90 Å². The van der Waals surface area contributed by atoms with E-state index in [1.807, 2.05) is 0 Å². The van der Waals surface area contributed by atoms with Crippen LogP contribution in [0.1, 0.15) is 6.92 Å². The van der Waals surface area contributed by atoms with Crippen LogP contribution in [0.5, 0.6) is 0 Å². The number of nitrogens with zero attached hydrogens (tertiary/aromatic N) is 1. The first kappa shape index (κ1) is 12.1. The molecule has 0 aliphatic heterocycles. The SMILES string of the molecule is C=CCNC(=O)CN(C)CC(C)O.